The van der Waals surface area contributed by atoms with E-state index in [2.05, 4.69) is 62.7 Å². The Kier molecular flexibility index (Phi) is 9.08. The van der Waals surface area contributed by atoms with Crippen LogP contribution in [-0.4, -0.2) is 22.0 Å². The summed E-state index contributed by atoms with van der Waals surface area (Å²) in [4.78, 5) is 13.4. The number of pyridine rings is 3. The van der Waals surface area contributed by atoms with Gasteiger partial charge in [0, 0.05) is 71.0 Å². The first-order valence-corrected chi connectivity index (χ1v) is 12.9. The minimum absolute atomic E-state index is 0.384. The molecule has 3 heterocycles. The number of rotatable bonds is 11. The summed E-state index contributed by atoms with van der Waals surface area (Å²) in [5.41, 5.74) is 8.51. The molecule has 0 fully saturated rings. The second-order valence-corrected chi connectivity index (χ2v) is 9.28. The van der Waals surface area contributed by atoms with E-state index in [1.807, 2.05) is 93.0 Å². The standard InChI is InChI=1S/C32H35N7/c1-6-25(33-5)8-13-28-19-29(15-17-34-28)39-32-14-7-24(21-36-32)23(4)37-26-9-11-27(12-10-26)38-30-16-18-35-31(20-30)22(2)3/h6-22,33,37H,4H2,1-3,5H3,(H,35,38)(H,34,36,39)/b13-8-,25-6+. The smallest absolute Gasteiger partial charge is 0.130 e. The molecule has 0 radical (unpaired) electrons. The number of nitrogens with zero attached hydrogens (tertiary/aromatic N) is 3. The largest absolute Gasteiger partial charge is 0.388 e. The average Bonchev–Trinajstić information content (AvgIpc) is 2.95. The van der Waals surface area contributed by atoms with Gasteiger partial charge in [-0.2, -0.15) is 0 Å². The number of likely N-dealkylation sites (N-methyl/N-ethyl adjacent to an activating group) is 1. The molecule has 0 amide bonds. The molecule has 4 rings (SSSR count). The minimum atomic E-state index is 0.384. The Labute approximate surface area is 230 Å². The Hall–Kier alpha value is -4.91. The zero-order valence-corrected chi connectivity index (χ0v) is 22.9. The number of hydrogen-bond acceptors (Lipinski definition) is 7. The highest BCUT2D eigenvalue weighted by Gasteiger charge is 2.05. The average molecular weight is 518 g/mol. The summed E-state index contributed by atoms with van der Waals surface area (Å²) in [6, 6.07) is 20.0. The van der Waals surface area contributed by atoms with Crippen LogP contribution in [0.3, 0.4) is 0 Å². The Morgan fingerprint density at radius 3 is 2.21 bits per heavy atom. The molecule has 0 aliphatic rings. The van der Waals surface area contributed by atoms with Crippen LogP contribution in [0.1, 0.15) is 43.6 Å². The number of hydrogen-bond donors (Lipinski definition) is 4. The lowest BCUT2D eigenvalue weighted by atomic mass is 10.1. The quantitative estimate of drug-likeness (QED) is 0.152. The van der Waals surface area contributed by atoms with Gasteiger partial charge in [0.25, 0.3) is 0 Å². The number of allylic oxidation sites excluding steroid dienone is 2. The van der Waals surface area contributed by atoms with Crippen LogP contribution >= 0.6 is 0 Å². The van der Waals surface area contributed by atoms with E-state index < -0.39 is 0 Å². The minimum Gasteiger partial charge on any atom is -0.388 e. The first-order chi connectivity index (χ1) is 18.9. The summed E-state index contributed by atoms with van der Waals surface area (Å²) >= 11 is 0. The molecule has 4 N–H and O–H groups in total. The second kappa shape index (κ2) is 13.1. The maximum absolute atomic E-state index is 4.56. The first-order valence-electron chi connectivity index (χ1n) is 12.9. The summed E-state index contributed by atoms with van der Waals surface area (Å²) < 4.78 is 0. The molecule has 7 nitrogen and oxygen atoms in total. The van der Waals surface area contributed by atoms with Crippen LogP contribution in [0.4, 0.5) is 28.6 Å². The van der Waals surface area contributed by atoms with Crippen molar-refractivity contribution < 1.29 is 0 Å². The van der Waals surface area contributed by atoms with Crippen molar-refractivity contribution in [3.8, 4) is 0 Å². The van der Waals surface area contributed by atoms with Crippen molar-refractivity contribution in [2.45, 2.75) is 26.7 Å². The van der Waals surface area contributed by atoms with Gasteiger partial charge in [-0.1, -0.05) is 26.5 Å². The van der Waals surface area contributed by atoms with Crippen LogP contribution in [0.5, 0.6) is 0 Å². The van der Waals surface area contributed by atoms with Gasteiger partial charge in [-0.3, -0.25) is 9.97 Å². The van der Waals surface area contributed by atoms with E-state index >= 15 is 0 Å². The molecule has 4 aromatic rings. The van der Waals surface area contributed by atoms with Gasteiger partial charge in [-0.25, -0.2) is 4.98 Å². The fourth-order valence-corrected chi connectivity index (χ4v) is 3.80. The number of aromatic nitrogens is 3. The van der Waals surface area contributed by atoms with Crippen LogP contribution in [0.15, 0.2) is 104 Å². The van der Waals surface area contributed by atoms with Crippen LogP contribution < -0.4 is 21.3 Å². The van der Waals surface area contributed by atoms with Crippen LogP contribution in [-0.2, 0) is 0 Å². The van der Waals surface area contributed by atoms with Crippen molar-refractivity contribution in [2.75, 3.05) is 23.0 Å². The lowest BCUT2D eigenvalue weighted by molar-refractivity contribution is 0.823. The molecular formula is C32H35N7. The fraction of sp³-hybridized carbons (Fsp3) is 0.156. The normalized spacial score (nSPS) is 11.5. The van der Waals surface area contributed by atoms with Gasteiger partial charge < -0.3 is 21.3 Å². The molecule has 39 heavy (non-hydrogen) atoms. The van der Waals surface area contributed by atoms with Crippen molar-refractivity contribution in [1.29, 1.82) is 0 Å². The molecule has 0 saturated carbocycles. The van der Waals surface area contributed by atoms with E-state index in [1.165, 1.54) is 0 Å². The van der Waals surface area contributed by atoms with Gasteiger partial charge in [0.05, 0.1) is 5.69 Å². The maximum Gasteiger partial charge on any atom is 0.130 e. The van der Waals surface area contributed by atoms with E-state index in [4.69, 9.17) is 0 Å². The van der Waals surface area contributed by atoms with E-state index in [-0.39, 0.29) is 0 Å². The van der Waals surface area contributed by atoms with Gasteiger partial charge in [0.2, 0.25) is 0 Å². The van der Waals surface area contributed by atoms with Gasteiger partial charge in [0.15, 0.2) is 0 Å². The summed E-state index contributed by atoms with van der Waals surface area (Å²) in [6.45, 7) is 10.5. The summed E-state index contributed by atoms with van der Waals surface area (Å²) in [5.74, 6) is 1.12. The predicted octanol–water partition coefficient (Wildman–Crippen LogP) is 7.70. The Balaban J connectivity index is 1.34. The van der Waals surface area contributed by atoms with Gasteiger partial charge in [0.1, 0.15) is 5.82 Å². The van der Waals surface area contributed by atoms with E-state index in [1.54, 1.807) is 12.4 Å². The third kappa shape index (κ3) is 7.79. The summed E-state index contributed by atoms with van der Waals surface area (Å²) in [7, 11) is 1.89. The number of benzene rings is 1. The zero-order chi connectivity index (χ0) is 27.6. The second-order valence-electron chi connectivity index (χ2n) is 9.28. The van der Waals surface area contributed by atoms with E-state index in [0.717, 1.165) is 56.9 Å². The first kappa shape index (κ1) is 27.1. The molecule has 0 atom stereocenters. The highest BCUT2D eigenvalue weighted by atomic mass is 15.0. The van der Waals surface area contributed by atoms with Gasteiger partial charge in [-0.05, 0) is 85.7 Å². The Morgan fingerprint density at radius 2 is 1.54 bits per heavy atom. The third-order valence-electron chi connectivity index (χ3n) is 6.04. The molecule has 0 spiro atoms. The highest BCUT2D eigenvalue weighted by Crippen LogP contribution is 2.24. The van der Waals surface area contributed by atoms with Crippen molar-refractivity contribution in [1.82, 2.24) is 20.3 Å². The molecule has 3 aromatic heterocycles. The molecule has 7 heteroatoms. The third-order valence-corrected chi connectivity index (χ3v) is 6.04. The fourth-order valence-electron chi connectivity index (χ4n) is 3.80. The lowest BCUT2D eigenvalue weighted by Gasteiger charge is -2.13. The molecule has 0 saturated heterocycles. The molecule has 0 aliphatic carbocycles. The zero-order valence-electron chi connectivity index (χ0n) is 22.9. The van der Waals surface area contributed by atoms with Gasteiger partial charge in [-0.15, -0.1) is 0 Å². The SMILES string of the molecule is C=C(Nc1ccc(Nc2ccnc(C(C)C)c2)cc1)c1ccc(Nc2ccnc(/C=C\C(=C/C)NC)c2)nc1. The predicted molar refractivity (Wildman–Crippen MR) is 164 cm³/mol. The molecule has 1 aromatic carbocycles. The van der Waals surface area contributed by atoms with Crippen LogP contribution in [0.2, 0.25) is 0 Å². The highest BCUT2D eigenvalue weighted by molar-refractivity contribution is 5.76. The Bertz CT molecular complexity index is 1450. The Morgan fingerprint density at radius 1 is 0.821 bits per heavy atom. The van der Waals surface area contributed by atoms with E-state index in [9.17, 15) is 0 Å². The molecule has 0 aliphatic heterocycles. The van der Waals surface area contributed by atoms with Crippen LogP contribution in [0, 0.1) is 0 Å². The lowest BCUT2D eigenvalue weighted by Crippen LogP contribution is -2.02. The van der Waals surface area contributed by atoms with E-state index in [0.29, 0.717) is 5.92 Å². The number of anilines is 5. The number of nitrogens with one attached hydrogen (secondary N) is 4. The topological polar surface area (TPSA) is 86.8 Å². The van der Waals surface area contributed by atoms with Crippen molar-refractivity contribution in [3.63, 3.8) is 0 Å². The van der Waals surface area contributed by atoms with Crippen LogP contribution in [0.25, 0.3) is 11.8 Å². The van der Waals surface area contributed by atoms with Crippen molar-refractivity contribution in [3.05, 3.63) is 121 Å². The molecule has 198 valence electrons. The summed E-state index contributed by atoms with van der Waals surface area (Å²) in [5, 5.41) is 13.3. The summed E-state index contributed by atoms with van der Waals surface area (Å²) in [6.07, 6.45) is 11.4. The maximum atomic E-state index is 4.56. The van der Waals surface area contributed by atoms with Gasteiger partial charge >= 0.3 is 0 Å². The molecule has 0 bridgehead atoms. The van der Waals surface area contributed by atoms with Crippen molar-refractivity contribution in [2.24, 2.45) is 0 Å². The molecule has 0 unspecified atom stereocenters. The monoisotopic (exact) mass is 517 g/mol. The van der Waals surface area contributed by atoms with Crippen molar-refractivity contribution >= 4 is 40.3 Å². The molecular weight excluding hydrogens is 482 g/mol.